The maximum absolute atomic E-state index is 5.58. The van der Waals surface area contributed by atoms with Gasteiger partial charge in [-0.05, 0) is 23.8 Å². The number of aryl methyl sites for hydroxylation is 1. The summed E-state index contributed by atoms with van der Waals surface area (Å²) in [5.41, 5.74) is 5.15. The fourth-order valence-electron chi connectivity index (χ4n) is 3.57. The van der Waals surface area contributed by atoms with Crippen LogP contribution in [0.2, 0.25) is 0 Å². The van der Waals surface area contributed by atoms with E-state index in [9.17, 15) is 0 Å². The molecule has 1 aromatic carbocycles. The normalized spacial score (nSPS) is 14.8. The lowest BCUT2D eigenvalue weighted by atomic mass is 10.0. The Hall–Kier alpha value is -3.19. The highest BCUT2D eigenvalue weighted by Gasteiger charge is 2.18. The summed E-state index contributed by atoms with van der Waals surface area (Å²) in [6.45, 7) is 5.04. The second-order valence-electron chi connectivity index (χ2n) is 6.56. The van der Waals surface area contributed by atoms with Crippen molar-refractivity contribution in [2.75, 3.05) is 31.2 Å². The highest BCUT2D eigenvalue weighted by molar-refractivity contribution is 6.02. The molecule has 27 heavy (non-hydrogen) atoms. The van der Waals surface area contributed by atoms with Crippen molar-refractivity contribution < 1.29 is 9.15 Å². The number of nitrogens with one attached hydrogen (secondary N) is 1. The van der Waals surface area contributed by atoms with Crippen molar-refractivity contribution in [3.05, 3.63) is 48.6 Å². The Morgan fingerprint density at radius 1 is 1.07 bits per heavy atom. The first kappa shape index (κ1) is 16.0. The predicted molar refractivity (Wildman–Crippen MR) is 103 cm³/mol. The molecule has 0 bridgehead atoms. The van der Waals surface area contributed by atoms with Crippen LogP contribution in [-0.2, 0) is 4.74 Å². The van der Waals surface area contributed by atoms with Crippen molar-refractivity contribution in [2.45, 2.75) is 6.92 Å². The number of ether oxygens (including phenoxy) is 1. The number of nitrogens with zero attached hydrogens (tertiary/aromatic N) is 4. The van der Waals surface area contributed by atoms with Crippen LogP contribution in [0.1, 0.15) is 5.89 Å². The van der Waals surface area contributed by atoms with Crippen LogP contribution < -0.4 is 4.90 Å². The summed E-state index contributed by atoms with van der Waals surface area (Å²) in [5, 5.41) is 9.19. The minimum atomic E-state index is 0.528. The van der Waals surface area contributed by atoms with Crippen molar-refractivity contribution in [3.63, 3.8) is 0 Å². The lowest BCUT2D eigenvalue weighted by molar-refractivity contribution is 0.123. The van der Waals surface area contributed by atoms with E-state index in [1.807, 2.05) is 24.5 Å². The number of aromatic amines is 1. The molecule has 0 spiro atoms. The molecule has 1 aliphatic rings. The minimum Gasteiger partial charge on any atom is -0.421 e. The Morgan fingerprint density at radius 2 is 1.93 bits per heavy atom. The molecule has 5 rings (SSSR count). The largest absolute Gasteiger partial charge is 0.421 e. The van der Waals surface area contributed by atoms with Crippen LogP contribution in [0.15, 0.2) is 47.1 Å². The van der Waals surface area contributed by atoms with E-state index in [1.54, 1.807) is 6.92 Å². The number of anilines is 1. The molecule has 7 nitrogen and oxygen atoms in total. The molecule has 4 heterocycles. The Kier molecular flexibility index (Phi) is 3.86. The fourth-order valence-corrected chi connectivity index (χ4v) is 3.57. The number of morpholine rings is 1. The topological polar surface area (TPSA) is 80.1 Å². The molecule has 1 N–H and O–H groups in total. The smallest absolute Gasteiger partial charge is 0.247 e. The van der Waals surface area contributed by atoms with Crippen LogP contribution in [0.5, 0.6) is 0 Å². The van der Waals surface area contributed by atoms with Gasteiger partial charge in [-0.25, -0.2) is 4.98 Å². The molecule has 1 aliphatic heterocycles. The number of hydrogen-bond acceptors (Lipinski definition) is 6. The second kappa shape index (κ2) is 6.51. The molecule has 3 aromatic heterocycles. The Morgan fingerprint density at radius 3 is 2.74 bits per heavy atom. The van der Waals surface area contributed by atoms with Gasteiger partial charge in [-0.15, -0.1) is 10.2 Å². The fraction of sp³-hybridized carbons (Fsp3) is 0.250. The highest BCUT2D eigenvalue weighted by Crippen LogP contribution is 2.36. The SMILES string of the molecule is Cc1nnc(-c2cccc(-c3c[nH]c4nccc(N5CCOCC5)c34)c2)o1. The van der Waals surface area contributed by atoms with Gasteiger partial charge < -0.3 is 19.0 Å². The van der Waals surface area contributed by atoms with Crippen LogP contribution >= 0.6 is 0 Å². The van der Waals surface area contributed by atoms with E-state index in [4.69, 9.17) is 9.15 Å². The molecule has 0 radical (unpaired) electrons. The van der Waals surface area contributed by atoms with E-state index < -0.39 is 0 Å². The third-order valence-corrected chi connectivity index (χ3v) is 4.85. The van der Waals surface area contributed by atoms with E-state index in [0.29, 0.717) is 11.8 Å². The standard InChI is InChI=1S/C20H19N5O2/c1-13-23-24-20(27-13)15-4-2-3-14(11-15)16-12-22-19-18(16)17(5-6-21-19)25-7-9-26-10-8-25/h2-6,11-12H,7-10H2,1H3,(H,21,22). The number of H-pyrrole nitrogens is 1. The zero-order chi connectivity index (χ0) is 18.2. The van der Waals surface area contributed by atoms with E-state index in [1.165, 1.54) is 5.69 Å². The molecule has 1 fully saturated rings. The van der Waals surface area contributed by atoms with Gasteiger partial charge >= 0.3 is 0 Å². The van der Waals surface area contributed by atoms with Gasteiger partial charge in [0.25, 0.3) is 0 Å². The number of benzene rings is 1. The molecular weight excluding hydrogens is 342 g/mol. The van der Waals surface area contributed by atoms with E-state index in [2.05, 4.69) is 43.3 Å². The first-order valence-electron chi connectivity index (χ1n) is 8.99. The molecule has 0 amide bonds. The van der Waals surface area contributed by atoms with Gasteiger partial charge in [-0.2, -0.15) is 0 Å². The maximum atomic E-state index is 5.58. The summed E-state index contributed by atoms with van der Waals surface area (Å²) in [7, 11) is 0. The average Bonchev–Trinajstić information content (AvgIpc) is 3.35. The van der Waals surface area contributed by atoms with Crippen molar-refractivity contribution >= 4 is 16.7 Å². The number of pyridine rings is 1. The Labute approximate surface area is 156 Å². The van der Waals surface area contributed by atoms with Crippen molar-refractivity contribution in [1.82, 2.24) is 20.2 Å². The van der Waals surface area contributed by atoms with Crippen LogP contribution in [-0.4, -0.2) is 46.5 Å². The molecule has 1 saturated heterocycles. The lowest BCUT2D eigenvalue weighted by Crippen LogP contribution is -2.36. The second-order valence-corrected chi connectivity index (χ2v) is 6.56. The molecule has 0 aliphatic carbocycles. The lowest BCUT2D eigenvalue weighted by Gasteiger charge is -2.29. The number of aromatic nitrogens is 4. The number of fused-ring (bicyclic) bond motifs is 1. The molecule has 0 atom stereocenters. The summed E-state index contributed by atoms with van der Waals surface area (Å²) < 4.78 is 11.1. The summed E-state index contributed by atoms with van der Waals surface area (Å²) >= 11 is 0. The number of rotatable bonds is 3. The van der Waals surface area contributed by atoms with Gasteiger partial charge in [-0.1, -0.05) is 12.1 Å². The summed E-state index contributed by atoms with van der Waals surface area (Å²) in [6.07, 6.45) is 3.87. The predicted octanol–water partition coefficient (Wildman–Crippen LogP) is 3.42. The van der Waals surface area contributed by atoms with Gasteiger partial charge in [0.2, 0.25) is 11.8 Å². The van der Waals surface area contributed by atoms with Gasteiger partial charge in [0.1, 0.15) is 5.65 Å². The van der Waals surface area contributed by atoms with Crippen LogP contribution in [0.4, 0.5) is 5.69 Å². The zero-order valence-corrected chi connectivity index (χ0v) is 15.0. The van der Waals surface area contributed by atoms with Crippen LogP contribution in [0.25, 0.3) is 33.6 Å². The summed E-state index contributed by atoms with van der Waals surface area (Å²) in [4.78, 5) is 10.2. The summed E-state index contributed by atoms with van der Waals surface area (Å²) in [6, 6.07) is 10.2. The molecule has 7 heteroatoms. The first-order valence-corrected chi connectivity index (χ1v) is 8.99. The van der Waals surface area contributed by atoms with E-state index in [0.717, 1.165) is 54.0 Å². The van der Waals surface area contributed by atoms with Gasteiger partial charge in [-0.3, -0.25) is 0 Å². The quantitative estimate of drug-likeness (QED) is 0.602. The van der Waals surface area contributed by atoms with Gasteiger partial charge in [0, 0.05) is 48.9 Å². The summed E-state index contributed by atoms with van der Waals surface area (Å²) in [5.74, 6) is 1.09. The van der Waals surface area contributed by atoms with Crippen LogP contribution in [0.3, 0.4) is 0 Å². The Balaban J connectivity index is 1.63. The van der Waals surface area contributed by atoms with E-state index >= 15 is 0 Å². The molecule has 0 unspecified atom stereocenters. The molecule has 4 aromatic rings. The van der Waals surface area contributed by atoms with Crippen molar-refractivity contribution in [3.8, 4) is 22.6 Å². The highest BCUT2D eigenvalue weighted by atomic mass is 16.5. The third kappa shape index (κ3) is 2.86. The zero-order valence-electron chi connectivity index (χ0n) is 15.0. The van der Waals surface area contributed by atoms with Gasteiger partial charge in [0.15, 0.2) is 0 Å². The minimum absolute atomic E-state index is 0.528. The third-order valence-electron chi connectivity index (χ3n) is 4.85. The Bertz CT molecular complexity index is 1090. The molecule has 136 valence electrons. The van der Waals surface area contributed by atoms with Crippen molar-refractivity contribution in [2.24, 2.45) is 0 Å². The van der Waals surface area contributed by atoms with E-state index in [-0.39, 0.29) is 0 Å². The molecule has 0 saturated carbocycles. The molecular formula is C20H19N5O2. The monoisotopic (exact) mass is 361 g/mol. The van der Waals surface area contributed by atoms with Gasteiger partial charge in [0.05, 0.1) is 18.9 Å². The number of hydrogen-bond donors (Lipinski definition) is 1. The first-order chi connectivity index (χ1) is 13.3. The van der Waals surface area contributed by atoms with Crippen LogP contribution in [0, 0.1) is 6.92 Å². The van der Waals surface area contributed by atoms with Crippen molar-refractivity contribution in [1.29, 1.82) is 0 Å². The maximum Gasteiger partial charge on any atom is 0.247 e. The average molecular weight is 361 g/mol.